The van der Waals surface area contributed by atoms with Gasteiger partial charge in [0, 0.05) is 19.2 Å². The van der Waals surface area contributed by atoms with Crippen LogP contribution in [0.2, 0.25) is 0 Å². The molecule has 3 unspecified atom stereocenters. The molecule has 1 aromatic rings. The molecule has 0 aliphatic carbocycles. The predicted molar refractivity (Wildman–Crippen MR) is 79.0 cm³/mol. The van der Waals surface area contributed by atoms with Gasteiger partial charge in [0.15, 0.2) is 0 Å². The van der Waals surface area contributed by atoms with Crippen LogP contribution in [0.3, 0.4) is 0 Å². The second-order valence-electron chi connectivity index (χ2n) is 5.39. The van der Waals surface area contributed by atoms with Crippen LogP contribution in [0.4, 0.5) is 0 Å². The zero-order chi connectivity index (χ0) is 14.5. The number of ether oxygens (including phenoxy) is 2. The molecule has 20 heavy (non-hydrogen) atoms. The van der Waals surface area contributed by atoms with E-state index in [0.717, 1.165) is 24.3 Å². The normalized spacial score (nSPS) is 24.1. The molecule has 4 nitrogen and oxygen atoms in total. The van der Waals surface area contributed by atoms with Crippen molar-refractivity contribution in [2.75, 3.05) is 26.8 Å². The summed E-state index contributed by atoms with van der Waals surface area (Å²) in [7, 11) is 2.05. The standard InChI is InChI=1S/C16H25NO3/c1-4-19-14-7-5-13(6-8-14)16(18)11-17(3)15-9-10-20-12(15)2/h5-8,12,15-16,18H,4,9-11H2,1-3H3. The second-order valence-corrected chi connectivity index (χ2v) is 5.39. The minimum absolute atomic E-state index is 0.243. The lowest BCUT2D eigenvalue weighted by molar-refractivity contribution is 0.0579. The molecule has 0 saturated carbocycles. The van der Waals surface area contributed by atoms with E-state index < -0.39 is 6.10 Å². The van der Waals surface area contributed by atoms with E-state index >= 15 is 0 Å². The van der Waals surface area contributed by atoms with Crippen molar-refractivity contribution < 1.29 is 14.6 Å². The SMILES string of the molecule is CCOc1ccc(C(O)CN(C)C2CCOC2C)cc1. The Bertz CT molecular complexity index is 407. The number of likely N-dealkylation sites (N-methyl/N-ethyl adjacent to an activating group) is 1. The van der Waals surface area contributed by atoms with Crippen LogP contribution in [0.15, 0.2) is 24.3 Å². The molecule has 112 valence electrons. The molecule has 1 N–H and O–H groups in total. The summed E-state index contributed by atoms with van der Waals surface area (Å²) in [6.07, 6.45) is 0.796. The maximum atomic E-state index is 10.3. The zero-order valence-corrected chi connectivity index (χ0v) is 12.6. The minimum atomic E-state index is -0.483. The van der Waals surface area contributed by atoms with Crippen molar-refractivity contribution in [3.05, 3.63) is 29.8 Å². The number of hydrogen-bond donors (Lipinski definition) is 1. The Balaban J connectivity index is 1.91. The van der Waals surface area contributed by atoms with Crippen molar-refractivity contribution in [3.8, 4) is 5.75 Å². The molecule has 3 atom stereocenters. The van der Waals surface area contributed by atoms with Crippen molar-refractivity contribution >= 4 is 0 Å². The number of nitrogens with zero attached hydrogens (tertiary/aromatic N) is 1. The van der Waals surface area contributed by atoms with Crippen LogP contribution in [-0.4, -0.2) is 49.0 Å². The number of hydrogen-bond acceptors (Lipinski definition) is 4. The van der Waals surface area contributed by atoms with E-state index in [0.29, 0.717) is 19.2 Å². The van der Waals surface area contributed by atoms with Crippen molar-refractivity contribution in [1.29, 1.82) is 0 Å². The summed E-state index contributed by atoms with van der Waals surface area (Å²) in [5, 5.41) is 10.3. The Morgan fingerprint density at radius 2 is 2.10 bits per heavy atom. The Kier molecular flexibility index (Phi) is 5.40. The van der Waals surface area contributed by atoms with Crippen LogP contribution >= 0.6 is 0 Å². The van der Waals surface area contributed by atoms with Gasteiger partial charge in [0.1, 0.15) is 5.75 Å². The second kappa shape index (κ2) is 7.07. The molecule has 1 fully saturated rings. The van der Waals surface area contributed by atoms with Gasteiger partial charge in [-0.1, -0.05) is 12.1 Å². The van der Waals surface area contributed by atoms with Gasteiger partial charge in [0.2, 0.25) is 0 Å². The van der Waals surface area contributed by atoms with Crippen LogP contribution in [0, 0.1) is 0 Å². The molecule has 0 bridgehead atoms. The average Bonchev–Trinajstić information content (AvgIpc) is 2.86. The molecule has 2 rings (SSSR count). The summed E-state index contributed by atoms with van der Waals surface area (Å²) >= 11 is 0. The molecule has 1 heterocycles. The first-order chi connectivity index (χ1) is 9.61. The molecular weight excluding hydrogens is 254 g/mol. The number of aliphatic hydroxyl groups is 1. The van der Waals surface area contributed by atoms with Crippen LogP contribution in [0.1, 0.15) is 31.9 Å². The third kappa shape index (κ3) is 3.72. The van der Waals surface area contributed by atoms with Gasteiger partial charge in [-0.2, -0.15) is 0 Å². The van der Waals surface area contributed by atoms with E-state index in [1.807, 2.05) is 38.2 Å². The van der Waals surface area contributed by atoms with Gasteiger partial charge in [-0.25, -0.2) is 0 Å². The molecular formula is C16H25NO3. The molecule has 1 aromatic carbocycles. The van der Waals surface area contributed by atoms with Gasteiger partial charge >= 0.3 is 0 Å². The highest BCUT2D eigenvalue weighted by atomic mass is 16.5. The van der Waals surface area contributed by atoms with Crippen LogP contribution in [-0.2, 0) is 4.74 Å². The van der Waals surface area contributed by atoms with E-state index in [1.54, 1.807) is 0 Å². The van der Waals surface area contributed by atoms with E-state index in [4.69, 9.17) is 9.47 Å². The van der Waals surface area contributed by atoms with Gasteiger partial charge in [-0.05, 0) is 45.0 Å². The van der Waals surface area contributed by atoms with Crippen LogP contribution < -0.4 is 4.74 Å². The summed E-state index contributed by atoms with van der Waals surface area (Å²) < 4.78 is 11.0. The fourth-order valence-electron chi connectivity index (χ4n) is 2.77. The molecule has 0 radical (unpaired) electrons. The molecule has 0 amide bonds. The third-order valence-electron chi connectivity index (χ3n) is 3.94. The summed E-state index contributed by atoms with van der Waals surface area (Å²) in [6, 6.07) is 8.07. The van der Waals surface area contributed by atoms with Gasteiger partial charge in [0.25, 0.3) is 0 Å². The van der Waals surface area contributed by atoms with E-state index in [1.165, 1.54) is 0 Å². The van der Waals surface area contributed by atoms with E-state index in [2.05, 4.69) is 11.8 Å². The van der Waals surface area contributed by atoms with Gasteiger partial charge in [0.05, 0.1) is 18.8 Å². The molecule has 0 aromatic heterocycles. The summed E-state index contributed by atoms with van der Waals surface area (Å²) in [4.78, 5) is 2.19. The lowest BCUT2D eigenvalue weighted by Gasteiger charge is -2.28. The fourth-order valence-corrected chi connectivity index (χ4v) is 2.77. The van der Waals surface area contributed by atoms with Crippen molar-refractivity contribution in [1.82, 2.24) is 4.90 Å². The highest BCUT2D eigenvalue weighted by Gasteiger charge is 2.28. The Morgan fingerprint density at radius 1 is 1.40 bits per heavy atom. The number of rotatable bonds is 6. The maximum Gasteiger partial charge on any atom is 0.119 e. The third-order valence-corrected chi connectivity index (χ3v) is 3.94. The summed E-state index contributed by atoms with van der Waals surface area (Å²) in [6.45, 7) is 6.14. The van der Waals surface area contributed by atoms with Gasteiger partial charge in [-0.15, -0.1) is 0 Å². The summed E-state index contributed by atoms with van der Waals surface area (Å²) in [5.74, 6) is 0.842. The largest absolute Gasteiger partial charge is 0.494 e. The van der Waals surface area contributed by atoms with E-state index in [-0.39, 0.29) is 6.10 Å². The Morgan fingerprint density at radius 3 is 2.65 bits per heavy atom. The van der Waals surface area contributed by atoms with Crippen molar-refractivity contribution in [2.45, 2.75) is 38.5 Å². The van der Waals surface area contributed by atoms with Crippen LogP contribution in [0.5, 0.6) is 5.75 Å². The molecule has 1 aliphatic heterocycles. The smallest absolute Gasteiger partial charge is 0.119 e. The molecule has 0 spiro atoms. The lowest BCUT2D eigenvalue weighted by Crippen LogP contribution is -2.39. The highest BCUT2D eigenvalue weighted by Crippen LogP contribution is 2.23. The first-order valence-corrected chi connectivity index (χ1v) is 7.34. The molecule has 4 heteroatoms. The highest BCUT2D eigenvalue weighted by molar-refractivity contribution is 5.28. The average molecular weight is 279 g/mol. The predicted octanol–water partition coefficient (Wildman–Crippen LogP) is 2.23. The lowest BCUT2D eigenvalue weighted by atomic mass is 10.1. The van der Waals surface area contributed by atoms with Crippen molar-refractivity contribution in [2.24, 2.45) is 0 Å². The van der Waals surface area contributed by atoms with Crippen LogP contribution in [0.25, 0.3) is 0 Å². The van der Waals surface area contributed by atoms with Crippen molar-refractivity contribution in [3.63, 3.8) is 0 Å². The zero-order valence-electron chi connectivity index (χ0n) is 12.6. The summed E-state index contributed by atoms with van der Waals surface area (Å²) in [5.41, 5.74) is 0.923. The van der Waals surface area contributed by atoms with Gasteiger partial charge < -0.3 is 14.6 Å². The molecule has 1 saturated heterocycles. The minimum Gasteiger partial charge on any atom is -0.494 e. The quantitative estimate of drug-likeness (QED) is 0.867. The fraction of sp³-hybridized carbons (Fsp3) is 0.625. The first kappa shape index (κ1) is 15.3. The topological polar surface area (TPSA) is 41.9 Å². The monoisotopic (exact) mass is 279 g/mol. The first-order valence-electron chi connectivity index (χ1n) is 7.34. The maximum absolute atomic E-state index is 10.3. The Hall–Kier alpha value is -1.10. The Labute approximate surface area is 121 Å². The number of benzene rings is 1. The number of aliphatic hydroxyl groups excluding tert-OH is 1. The van der Waals surface area contributed by atoms with Gasteiger partial charge in [-0.3, -0.25) is 4.90 Å². The molecule has 1 aliphatic rings. The van der Waals surface area contributed by atoms with E-state index in [9.17, 15) is 5.11 Å².